The Labute approximate surface area is 121 Å². The molecule has 0 N–H and O–H groups in total. The first-order valence-corrected chi connectivity index (χ1v) is 6.50. The summed E-state index contributed by atoms with van der Waals surface area (Å²) in [5.41, 5.74) is 1.57. The Balaban J connectivity index is 1.90. The minimum atomic E-state index is -0.422. The predicted molar refractivity (Wildman–Crippen MR) is 84.3 cm³/mol. The summed E-state index contributed by atoms with van der Waals surface area (Å²) in [7, 11) is 0. The van der Waals surface area contributed by atoms with Crippen LogP contribution in [0.4, 0.5) is 11.4 Å². The summed E-state index contributed by atoms with van der Waals surface area (Å²) in [5, 5.41) is 13.0. The molecule has 0 saturated carbocycles. The van der Waals surface area contributed by atoms with Gasteiger partial charge >= 0.3 is 0 Å². The molecular formula is C17H12N2O2. The van der Waals surface area contributed by atoms with E-state index >= 15 is 0 Å². The highest BCUT2D eigenvalue weighted by Crippen LogP contribution is 2.20. The van der Waals surface area contributed by atoms with E-state index < -0.39 is 4.92 Å². The number of nitro benzene ring substituents is 1. The van der Waals surface area contributed by atoms with E-state index in [0.717, 1.165) is 10.9 Å². The van der Waals surface area contributed by atoms with Crippen LogP contribution in [0.15, 0.2) is 71.7 Å². The summed E-state index contributed by atoms with van der Waals surface area (Å²) in [6.07, 6.45) is 1.71. The number of nitrogens with zero attached hydrogens (tertiary/aromatic N) is 2. The molecule has 0 aliphatic heterocycles. The van der Waals surface area contributed by atoms with Gasteiger partial charge in [0.1, 0.15) is 0 Å². The van der Waals surface area contributed by atoms with Crippen molar-refractivity contribution in [2.75, 3.05) is 0 Å². The molecule has 0 aliphatic rings. The van der Waals surface area contributed by atoms with Crippen molar-refractivity contribution in [3.63, 3.8) is 0 Å². The average molecular weight is 276 g/mol. The minimum Gasteiger partial charge on any atom is -0.258 e. The molecule has 0 aromatic heterocycles. The van der Waals surface area contributed by atoms with Gasteiger partial charge in [0.05, 0.1) is 10.6 Å². The molecule has 0 radical (unpaired) electrons. The van der Waals surface area contributed by atoms with Gasteiger partial charge in [-0.15, -0.1) is 0 Å². The van der Waals surface area contributed by atoms with Gasteiger partial charge < -0.3 is 0 Å². The molecule has 0 heterocycles. The molecule has 3 aromatic rings. The molecule has 0 bridgehead atoms. The maximum Gasteiger partial charge on any atom is 0.271 e. The summed E-state index contributed by atoms with van der Waals surface area (Å²) in [4.78, 5) is 14.6. The van der Waals surface area contributed by atoms with Crippen LogP contribution >= 0.6 is 0 Å². The van der Waals surface area contributed by atoms with E-state index in [-0.39, 0.29) is 5.69 Å². The van der Waals surface area contributed by atoms with Gasteiger partial charge in [-0.05, 0) is 28.5 Å². The van der Waals surface area contributed by atoms with E-state index in [1.807, 2.05) is 36.4 Å². The van der Waals surface area contributed by atoms with Crippen molar-refractivity contribution >= 4 is 28.4 Å². The lowest BCUT2D eigenvalue weighted by Crippen LogP contribution is -1.86. The van der Waals surface area contributed by atoms with Crippen molar-refractivity contribution in [1.29, 1.82) is 0 Å². The van der Waals surface area contributed by atoms with Crippen molar-refractivity contribution in [2.45, 2.75) is 0 Å². The molecule has 4 heteroatoms. The Kier molecular flexibility index (Phi) is 3.43. The van der Waals surface area contributed by atoms with E-state index in [1.54, 1.807) is 18.3 Å². The molecule has 102 valence electrons. The first kappa shape index (κ1) is 13.0. The van der Waals surface area contributed by atoms with Gasteiger partial charge in [-0.1, -0.05) is 42.5 Å². The van der Waals surface area contributed by atoms with Gasteiger partial charge in [0.15, 0.2) is 0 Å². The number of non-ortho nitro benzene ring substituents is 1. The third kappa shape index (κ3) is 2.95. The summed E-state index contributed by atoms with van der Waals surface area (Å²) in [5.74, 6) is 0. The summed E-state index contributed by atoms with van der Waals surface area (Å²) >= 11 is 0. The number of nitro groups is 1. The lowest BCUT2D eigenvalue weighted by atomic mass is 10.1. The lowest BCUT2D eigenvalue weighted by Gasteiger charge is -1.99. The molecule has 0 atom stereocenters. The van der Waals surface area contributed by atoms with E-state index in [1.165, 1.54) is 17.5 Å². The molecule has 0 aliphatic carbocycles. The third-order valence-electron chi connectivity index (χ3n) is 3.18. The van der Waals surface area contributed by atoms with Gasteiger partial charge in [0, 0.05) is 18.3 Å². The van der Waals surface area contributed by atoms with Gasteiger partial charge in [-0.25, -0.2) is 0 Å². The van der Waals surface area contributed by atoms with E-state index in [0.29, 0.717) is 5.69 Å². The van der Waals surface area contributed by atoms with Crippen LogP contribution in [0.3, 0.4) is 0 Å². The highest BCUT2D eigenvalue weighted by atomic mass is 16.6. The Morgan fingerprint density at radius 2 is 1.71 bits per heavy atom. The fraction of sp³-hybridized carbons (Fsp3) is 0. The van der Waals surface area contributed by atoms with Crippen LogP contribution in [0.1, 0.15) is 5.56 Å². The molecule has 0 spiro atoms. The zero-order chi connectivity index (χ0) is 14.7. The van der Waals surface area contributed by atoms with E-state index in [4.69, 9.17) is 0 Å². The number of hydrogen-bond donors (Lipinski definition) is 0. The van der Waals surface area contributed by atoms with Crippen LogP contribution in [0.5, 0.6) is 0 Å². The Bertz CT molecular complexity index is 841. The smallest absolute Gasteiger partial charge is 0.258 e. The van der Waals surface area contributed by atoms with Crippen LogP contribution in [0.2, 0.25) is 0 Å². The standard InChI is InChI=1S/C17H12N2O2/c20-19(21)17-7-3-6-16(11-17)18-12-13-8-9-14-4-1-2-5-15(14)10-13/h1-12H. The van der Waals surface area contributed by atoms with Crippen LogP contribution in [0.25, 0.3) is 10.8 Å². The first-order chi connectivity index (χ1) is 10.2. The lowest BCUT2D eigenvalue weighted by molar-refractivity contribution is -0.384. The minimum absolute atomic E-state index is 0.0446. The van der Waals surface area contributed by atoms with Crippen molar-refractivity contribution < 1.29 is 4.92 Å². The first-order valence-electron chi connectivity index (χ1n) is 6.50. The van der Waals surface area contributed by atoms with E-state index in [2.05, 4.69) is 11.1 Å². The van der Waals surface area contributed by atoms with Gasteiger partial charge in [-0.3, -0.25) is 15.1 Å². The molecule has 4 nitrogen and oxygen atoms in total. The molecular weight excluding hydrogens is 264 g/mol. The number of rotatable bonds is 3. The van der Waals surface area contributed by atoms with Gasteiger partial charge in [-0.2, -0.15) is 0 Å². The molecule has 3 aromatic carbocycles. The maximum absolute atomic E-state index is 10.7. The molecule has 3 rings (SSSR count). The zero-order valence-corrected chi connectivity index (χ0v) is 11.1. The summed E-state index contributed by atoms with van der Waals surface area (Å²) < 4.78 is 0. The molecule has 0 unspecified atom stereocenters. The number of hydrogen-bond acceptors (Lipinski definition) is 3. The van der Waals surface area contributed by atoms with Crippen molar-refractivity contribution in [3.8, 4) is 0 Å². The van der Waals surface area contributed by atoms with Crippen LogP contribution in [-0.2, 0) is 0 Å². The molecule has 21 heavy (non-hydrogen) atoms. The largest absolute Gasteiger partial charge is 0.271 e. The van der Waals surface area contributed by atoms with Gasteiger partial charge in [0.2, 0.25) is 0 Å². The Hall–Kier alpha value is -3.01. The fourth-order valence-corrected chi connectivity index (χ4v) is 2.12. The number of aliphatic imine (C=N–C) groups is 1. The highest BCUT2D eigenvalue weighted by molar-refractivity contribution is 5.91. The second-order valence-electron chi connectivity index (χ2n) is 4.64. The second-order valence-corrected chi connectivity index (χ2v) is 4.64. The van der Waals surface area contributed by atoms with Gasteiger partial charge in [0.25, 0.3) is 5.69 Å². The van der Waals surface area contributed by atoms with Crippen molar-refractivity contribution in [2.24, 2.45) is 4.99 Å². The SMILES string of the molecule is O=[N+]([O-])c1cccc(N=Cc2ccc3ccccc3c2)c1. The average Bonchev–Trinajstić information content (AvgIpc) is 2.53. The van der Waals surface area contributed by atoms with Crippen LogP contribution < -0.4 is 0 Å². The second kappa shape index (κ2) is 5.54. The van der Waals surface area contributed by atoms with Crippen molar-refractivity contribution in [1.82, 2.24) is 0 Å². The molecule has 0 fully saturated rings. The fourth-order valence-electron chi connectivity index (χ4n) is 2.12. The molecule has 0 saturated heterocycles. The van der Waals surface area contributed by atoms with E-state index in [9.17, 15) is 10.1 Å². The van der Waals surface area contributed by atoms with Crippen LogP contribution in [-0.4, -0.2) is 11.1 Å². The summed E-state index contributed by atoms with van der Waals surface area (Å²) in [6.45, 7) is 0. The maximum atomic E-state index is 10.7. The number of benzene rings is 3. The highest BCUT2D eigenvalue weighted by Gasteiger charge is 2.04. The zero-order valence-electron chi connectivity index (χ0n) is 11.1. The normalized spacial score (nSPS) is 11.0. The summed E-state index contributed by atoms with van der Waals surface area (Å²) in [6, 6.07) is 20.4. The third-order valence-corrected chi connectivity index (χ3v) is 3.18. The Morgan fingerprint density at radius 1 is 0.905 bits per heavy atom. The van der Waals surface area contributed by atoms with Crippen LogP contribution in [0, 0.1) is 10.1 Å². The van der Waals surface area contributed by atoms with Crippen molar-refractivity contribution in [3.05, 3.63) is 82.4 Å². The molecule has 0 amide bonds. The predicted octanol–water partition coefficient (Wildman–Crippen LogP) is 4.50. The number of fused-ring (bicyclic) bond motifs is 1. The Morgan fingerprint density at radius 3 is 2.52 bits per heavy atom. The quantitative estimate of drug-likeness (QED) is 0.402. The topological polar surface area (TPSA) is 55.5 Å². The monoisotopic (exact) mass is 276 g/mol.